The van der Waals surface area contributed by atoms with Crippen LogP contribution in [0.4, 0.5) is 0 Å². The Morgan fingerprint density at radius 1 is 1.04 bits per heavy atom. The van der Waals surface area contributed by atoms with Gasteiger partial charge in [0.15, 0.2) is 0 Å². The molecule has 2 N–H and O–H groups in total. The Morgan fingerprint density at radius 3 is 2.20 bits per heavy atom. The van der Waals surface area contributed by atoms with Gasteiger partial charge in [-0.25, -0.2) is 5.48 Å². The molecular weight excluding hydrogens is 312 g/mol. The first-order valence-corrected chi connectivity index (χ1v) is 8.49. The van der Waals surface area contributed by atoms with E-state index in [-0.39, 0.29) is 0 Å². The molecule has 2 aromatic rings. The highest BCUT2D eigenvalue weighted by atomic mass is 16.5. The maximum atomic E-state index is 12.1. The van der Waals surface area contributed by atoms with Crippen LogP contribution in [0.1, 0.15) is 36.5 Å². The molecule has 0 radical (unpaired) electrons. The number of carbonyl (C=O) groups excluding carboxylic acids is 1. The Balaban J connectivity index is 2.19. The Kier molecular flexibility index (Phi) is 7.21. The summed E-state index contributed by atoms with van der Waals surface area (Å²) in [6.45, 7) is 6.96. The molecule has 1 unspecified atom stereocenters. The van der Waals surface area contributed by atoms with E-state index in [1.807, 2.05) is 54.6 Å². The Labute approximate surface area is 149 Å². The summed E-state index contributed by atoms with van der Waals surface area (Å²) in [5, 5.41) is 9.07. The third-order valence-electron chi connectivity index (χ3n) is 4.18. The van der Waals surface area contributed by atoms with Crippen LogP contribution in [0.2, 0.25) is 0 Å². The van der Waals surface area contributed by atoms with Crippen molar-refractivity contribution in [2.75, 3.05) is 19.6 Å². The molecule has 0 saturated carbocycles. The van der Waals surface area contributed by atoms with Crippen LogP contribution in [0, 0.1) is 11.8 Å². The summed E-state index contributed by atoms with van der Waals surface area (Å²) in [6.07, 6.45) is 0. The molecule has 4 heteroatoms. The largest absolute Gasteiger partial charge is 0.293 e. The van der Waals surface area contributed by atoms with Crippen molar-refractivity contribution >= 4 is 5.91 Å². The van der Waals surface area contributed by atoms with Gasteiger partial charge in [-0.15, -0.1) is 0 Å². The van der Waals surface area contributed by atoms with Crippen LogP contribution in [-0.2, 0) is 4.79 Å². The van der Waals surface area contributed by atoms with E-state index in [9.17, 15) is 4.79 Å². The maximum Gasteiger partial charge on any atom is 0.255 e. The maximum absolute atomic E-state index is 12.1. The van der Waals surface area contributed by atoms with Gasteiger partial charge in [0.2, 0.25) is 0 Å². The van der Waals surface area contributed by atoms with Gasteiger partial charge in [0.25, 0.3) is 5.91 Å². The number of nitrogens with one attached hydrogen (secondary N) is 1. The van der Waals surface area contributed by atoms with Gasteiger partial charge in [-0.05, 0) is 36.3 Å². The van der Waals surface area contributed by atoms with Crippen LogP contribution in [0.3, 0.4) is 0 Å². The minimum absolute atomic E-state index is 0.452. The number of hydrogen-bond acceptors (Lipinski definition) is 3. The first-order chi connectivity index (χ1) is 12.2. The minimum atomic E-state index is -0.552. The molecule has 0 aliphatic heterocycles. The molecule has 0 bridgehead atoms. The Hall–Kier alpha value is -2.61. The van der Waals surface area contributed by atoms with E-state index in [1.165, 1.54) is 0 Å². The molecule has 1 amide bonds. The van der Waals surface area contributed by atoms with Crippen LogP contribution in [0.5, 0.6) is 0 Å². The second-order valence-corrected chi connectivity index (χ2v) is 5.70. The molecule has 0 heterocycles. The fraction of sp³-hybridized carbons (Fsp3) is 0.286. The molecule has 130 valence electrons. The summed E-state index contributed by atoms with van der Waals surface area (Å²) in [4.78, 5) is 14.4. The van der Waals surface area contributed by atoms with Crippen molar-refractivity contribution in [2.24, 2.45) is 0 Å². The zero-order valence-electron chi connectivity index (χ0n) is 14.7. The van der Waals surface area contributed by atoms with Crippen molar-refractivity contribution < 1.29 is 10.0 Å². The lowest BCUT2D eigenvalue weighted by Crippen LogP contribution is -2.27. The number of carbonyl (C=O) groups is 1. The number of hydrogen-bond donors (Lipinski definition) is 2. The number of amides is 1. The van der Waals surface area contributed by atoms with Gasteiger partial charge in [-0.1, -0.05) is 68.2 Å². The number of nitrogens with zero attached hydrogens (tertiary/aromatic N) is 1. The summed E-state index contributed by atoms with van der Waals surface area (Å²) in [7, 11) is 0. The van der Waals surface area contributed by atoms with Gasteiger partial charge >= 0.3 is 0 Å². The highest BCUT2D eigenvalue weighted by molar-refractivity contribution is 5.86. The molecule has 0 aromatic heterocycles. The summed E-state index contributed by atoms with van der Waals surface area (Å²) >= 11 is 0. The van der Waals surface area contributed by atoms with Crippen LogP contribution >= 0.6 is 0 Å². The summed E-state index contributed by atoms with van der Waals surface area (Å²) < 4.78 is 0. The fourth-order valence-electron chi connectivity index (χ4n) is 2.66. The lowest BCUT2D eigenvalue weighted by atomic mass is 9.90. The zero-order chi connectivity index (χ0) is 18.1. The van der Waals surface area contributed by atoms with E-state index in [2.05, 4.69) is 30.6 Å². The molecule has 2 rings (SSSR count). The van der Waals surface area contributed by atoms with E-state index in [4.69, 9.17) is 5.21 Å². The second-order valence-electron chi connectivity index (χ2n) is 5.70. The highest BCUT2D eigenvalue weighted by Crippen LogP contribution is 2.25. The molecule has 0 fully saturated rings. The molecule has 1 atom stereocenters. The third kappa shape index (κ3) is 5.18. The first kappa shape index (κ1) is 18.7. The van der Waals surface area contributed by atoms with E-state index < -0.39 is 11.8 Å². The Morgan fingerprint density at radius 2 is 1.64 bits per heavy atom. The van der Waals surface area contributed by atoms with Gasteiger partial charge in [-0.3, -0.25) is 14.9 Å². The quantitative estimate of drug-likeness (QED) is 0.484. The number of benzene rings is 2. The topological polar surface area (TPSA) is 52.6 Å². The van der Waals surface area contributed by atoms with Gasteiger partial charge in [0, 0.05) is 5.56 Å². The fourth-order valence-corrected chi connectivity index (χ4v) is 2.66. The van der Waals surface area contributed by atoms with Crippen LogP contribution in [-0.4, -0.2) is 35.6 Å². The van der Waals surface area contributed by atoms with Crippen LogP contribution in [0.25, 0.3) is 0 Å². The number of hydroxylamine groups is 1. The van der Waals surface area contributed by atoms with E-state index in [0.717, 1.165) is 36.3 Å². The molecule has 2 aromatic carbocycles. The van der Waals surface area contributed by atoms with Gasteiger partial charge in [-0.2, -0.15) is 0 Å². The summed E-state index contributed by atoms with van der Waals surface area (Å²) in [5.41, 5.74) is 4.31. The molecular formula is C21H24N2O2. The van der Waals surface area contributed by atoms with Gasteiger partial charge < -0.3 is 0 Å². The molecule has 0 saturated heterocycles. The highest BCUT2D eigenvalue weighted by Gasteiger charge is 2.22. The molecule has 4 nitrogen and oxygen atoms in total. The molecule has 25 heavy (non-hydrogen) atoms. The second kappa shape index (κ2) is 9.63. The average Bonchev–Trinajstić information content (AvgIpc) is 2.67. The predicted octanol–water partition coefficient (Wildman–Crippen LogP) is 3.02. The predicted molar refractivity (Wildman–Crippen MR) is 99.3 cm³/mol. The van der Waals surface area contributed by atoms with Crippen molar-refractivity contribution in [3.8, 4) is 11.8 Å². The van der Waals surface area contributed by atoms with E-state index in [0.29, 0.717) is 0 Å². The molecule has 0 spiro atoms. The molecule has 0 aliphatic carbocycles. The van der Waals surface area contributed by atoms with Crippen molar-refractivity contribution in [3.63, 3.8) is 0 Å². The number of rotatable bonds is 6. The van der Waals surface area contributed by atoms with E-state index in [1.54, 1.807) is 5.48 Å². The normalized spacial score (nSPS) is 11.5. The summed E-state index contributed by atoms with van der Waals surface area (Å²) in [5.74, 6) is 5.32. The van der Waals surface area contributed by atoms with Gasteiger partial charge in [0.05, 0.1) is 12.5 Å². The monoisotopic (exact) mass is 336 g/mol. The Bertz CT molecular complexity index is 726. The SMILES string of the molecule is CCN(CC)CC#Cc1ccc(C(C(=O)NO)c2ccccc2)cc1. The lowest BCUT2D eigenvalue weighted by molar-refractivity contribution is -0.129. The lowest BCUT2D eigenvalue weighted by Gasteiger charge is -2.16. The molecule has 0 aliphatic rings. The zero-order valence-corrected chi connectivity index (χ0v) is 14.7. The van der Waals surface area contributed by atoms with Crippen molar-refractivity contribution in [3.05, 3.63) is 71.3 Å². The van der Waals surface area contributed by atoms with Crippen LogP contribution in [0.15, 0.2) is 54.6 Å². The first-order valence-electron chi connectivity index (χ1n) is 8.49. The van der Waals surface area contributed by atoms with Gasteiger partial charge in [0.1, 0.15) is 0 Å². The van der Waals surface area contributed by atoms with Crippen molar-refractivity contribution in [1.29, 1.82) is 0 Å². The standard InChI is InChI=1S/C21H24N2O2/c1-3-23(4-2)16-8-9-17-12-14-19(15-13-17)20(21(24)22-25)18-10-6-5-7-11-18/h5-7,10-15,20,25H,3-4,16H2,1-2H3,(H,22,24). The third-order valence-corrected chi connectivity index (χ3v) is 4.18. The smallest absolute Gasteiger partial charge is 0.255 e. The van der Waals surface area contributed by atoms with Crippen LogP contribution < -0.4 is 5.48 Å². The average molecular weight is 336 g/mol. The van der Waals surface area contributed by atoms with Crippen molar-refractivity contribution in [1.82, 2.24) is 10.4 Å². The van der Waals surface area contributed by atoms with Crippen molar-refractivity contribution in [2.45, 2.75) is 19.8 Å². The minimum Gasteiger partial charge on any atom is -0.293 e. The summed E-state index contributed by atoms with van der Waals surface area (Å²) in [6, 6.07) is 17.0. The van der Waals surface area contributed by atoms with E-state index >= 15 is 0 Å².